The Morgan fingerprint density at radius 1 is 0.656 bits per heavy atom. The first-order valence-corrected chi connectivity index (χ1v) is 11.2. The Morgan fingerprint density at radius 3 is 1.38 bits per heavy atom. The molecule has 170 valence electrons. The lowest BCUT2D eigenvalue weighted by atomic mass is 10.1. The van der Waals surface area contributed by atoms with Crippen molar-refractivity contribution in [1.29, 1.82) is 10.5 Å². The van der Waals surface area contributed by atoms with Crippen molar-refractivity contribution < 1.29 is 10.2 Å². The van der Waals surface area contributed by atoms with Crippen molar-refractivity contribution in [3.8, 4) is 12.1 Å². The number of benzene rings is 2. The molecular weight excluding hydrogens is 400 g/mol. The number of hydrogen-bond donors (Lipinski definition) is 2. The summed E-state index contributed by atoms with van der Waals surface area (Å²) in [6.45, 7) is 4.04. The third-order valence-electron chi connectivity index (χ3n) is 5.29. The molecule has 2 atom stereocenters. The summed E-state index contributed by atoms with van der Waals surface area (Å²) in [4.78, 5) is 4.40. The molecule has 2 aromatic carbocycles. The minimum absolute atomic E-state index is 0.132. The van der Waals surface area contributed by atoms with E-state index < -0.39 is 12.2 Å². The van der Waals surface area contributed by atoms with Gasteiger partial charge < -0.3 is 10.2 Å². The molecule has 0 spiro atoms. The summed E-state index contributed by atoms with van der Waals surface area (Å²) in [6.07, 6.45) is 0.830. The van der Waals surface area contributed by atoms with E-state index in [2.05, 4.69) is 34.1 Å². The van der Waals surface area contributed by atoms with Gasteiger partial charge in [-0.05, 0) is 37.1 Å². The molecule has 0 unspecified atom stereocenters. The molecule has 0 heterocycles. The Morgan fingerprint density at radius 2 is 1.03 bits per heavy atom. The first kappa shape index (κ1) is 25.5. The van der Waals surface area contributed by atoms with Crippen molar-refractivity contribution in [3.63, 3.8) is 0 Å². The van der Waals surface area contributed by atoms with Crippen LogP contribution in [0.3, 0.4) is 0 Å². The molecule has 2 rings (SSSR count). The average molecular weight is 435 g/mol. The zero-order chi connectivity index (χ0) is 23.0. The van der Waals surface area contributed by atoms with Gasteiger partial charge in [-0.3, -0.25) is 9.80 Å². The highest BCUT2D eigenvalue weighted by molar-refractivity contribution is 5.15. The van der Waals surface area contributed by atoms with Gasteiger partial charge in [-0.15, -0.1) is 0 Å². The highest BCUT2D eigenvalue weighted by Gasteiger charge is 2.14. The molecule has 0 aliphatic carbocycles. The van der Waals surface area contributed by atoms with Crippen molar-refractivity contribution >= 4 is 0 Å². The van der Waals surface area contributed by atoms with E-state index in [-0.39, 0.29) is 12.8 Å². The SMILES string of the molecule is N#CC[C@@H](O)CN(CCCCN(Cc1ccccc1)C[C@H](O)CC#N)Cc1ccccc1. The Labute approximate surface area is 191 Å². The summed E-state index contributed by atoms with van der Waals surface area (Å²) < 4.78 is 0. The zero-order valence-corrected chi connectivity index (χ0v) is 18.7. The van der Waals surface area contributed by atoms with Gasteiger partial charge in [-0.1, -0.05) is 60.7 Å². The van der Waals surface area contributed by atoms with E-state index in [9.17, 15) is 10.2 Å². The van der Waals surface area contributed by atoms with Crippen LogP contribution in [0.2, 0.25) is 0 Å². The van der Waals surface area contributed by atoms with Gasteiger partial charge in [0.15, 0.2) is 0 Å². The fourth-order valence-electron chi connectivity index (χ4n) is 3.76. The van der Waals surface area contributed by atoms with E-state index in [1.54, 1.807) is 0 Å². The minimum atomic E-state index is -0.653. The first-order chi connectivity index (χ1) is 15.6. The number of nitriles is 2. The van der Waals surface area contributed by atoms with Crippen molar-refractivity contribution in [2.75, 3.05) is 26.2 Å². The second kappa shape index (κ2) is 15.1. The van der Waals surface area contributed by atoms with Gasteiger partial charge in [0.1, 0.15) is 0 Å². The molecule has 0 radical (unpaired) electrons. The van der Waals surface area contributed by atoms with Crippen molar-refractivity contribution in [2.45, 2.75) is 51.0 Å². The highest BCUT2D eigenvalue weighted by Crippen LogP contribution is 2.11. The number of aliphatic hydroxyl groups is 2. The summed E-state index contributed by atoms with van der Waals surface area (Å²) in [7, 11) is 0. The van der Waals surface area contributed by atoms with Crippen LogP contribution in [0.1, 0.15) is 36.8 Å². The molecule has 0 aliphatic heterocycles. The van der Waals surface area contributed by atoms with Crippen LogP contribution in [0, 0.1) is 22.7 Å². The summed E-state index contributed by atoms with van der Waals surface area (Å²) in [6, 6.07) is 24.4. The lowest BCUT2D eigenvalue weighted by molar-refractivity contribution is 0.102. The molecule has 2 N–H and O–H groups in total. The van der Waals surface area contributed by atoms with Crippen molar-refractivity contribution in [3.05, 3.63) is 71.8 Å². The minimum Gasteiger partial charge on any atom is -0.391 e. The van der Waals surface area contributed by atoms with E-state index in [0.29, 0.717) is 13.1 Å². The topological polar surface area (TPSA) is 94.5 Å². The summed E-state index contributed by atoms with van der Waals surface area (Å²) >= 11 is 0. The lowest BCUT2D eigenvalue weighted by Crippen LogP contribution is -2.34. The Balaban J connectivity index is 1.89. The predicted octanol–water partition coefficient (Wildman–Crippen LogP) is 3.32. The summed E-state index contributed by atoms with van der Waals surface area (Å²) in [5, 5.41) is 38.0. The molecule has 6 nitrogen and oxygen atoms in total. The molecule has 6 heteroatoms. The molecule has 0 fully saturated rings. The second-order valence-electron chi connectivity index (χ2n) is 8.18. The second-order valence-corrected chi connectivity index (χ2v) is 8.18. The maximum absolute atomic E-state index is 10.1. The third kappa shape index (κ3) is 10.5. The molecule has 32 heavy (non-hydrogen) atoms. The highest BCUT2D eigenvalue weighted by atomic mass is 16.3. The number of hydrogen-bond acceptors (Lipinski definition) is 6. The number of aliphatic hydroxyl groups excluding tert-OH is 2. The van der Waals surface area contributed by atoms with Crippen LogP contribution in [-0.2, 0) is 13.1 Å². The van der Waals surface area contributed by atoms with Crippen LogP contribution in [-0.4, -0.2) is 58.4 Å². The van der Waals surface area contributed by atoms with Crippen LogP contribution in [0.4, 0.5) is 0 Å². The van der Waals surface area contributed by atoms with Gasteiger partial charge in [-0.2, -0.15) is 10.5 Å². The van der Waals surface area contributed by atoms with Gasteiger partial charge in [0.25, 0.3) is 0 Å². The summed E-state index contributed by atoms with van der Waals surface area (Å²) in [5.41, 5.74) is 2.36. The van der Waals surface area contributed by atoms with Crippen LogP contribution in [0.15, 0.2) is 60.7 Å². The fourth-order valence-corrected chi connectivity index (χ4v) is 3.76. The molecule has 0 aliphatic rings. The Hall–Kier alpha value is -2.74. The standard InChI is InChI=1S/C26H34N4O2/c27-15-13-25(31)21-29(19-23-9-3-1-4-10-23)17-7-8-18-30(22-26(32)14-16-28)20-24-11-5-2-6-12-24/h1-6,9-12,25-26,31-32H,7-8,13-14,17-22H2/t25-,26-/m1/s1. The molecule has 0 saturated heterocycles. The predicted molar refractivity (Wildman–Crippen MR) is 125 cm³/mol. The summed E-state index contributed by atoms with van der Waals surface area (Å²) in [5.74, 6) is 0. The van der Waals surface area contributed by atoms with E-state index in [1.165, 1.54) is 11.1 Å². The van der Waals surface area contributed by atoms with Gasteiger partial charge in [-0.25, -0.2) is 0 Å². The molecule has 0 bridgehead atoms. The van der Waals surface area contributed by atoms with Gasteiger partial charge in [0, 0.05) is 26.2 Å². The van der Waals surface area contributed by atoms with E-state index >= 15 is 0 Å². The molecular formula is C26H34N4O2. The number of nitrogens with zero attached hydrogens (tertiary/aromatic N) is 4. The third-order valence-corrected chi connectivity index (χ3v) is 5.29. The molecule has 0 amide bonds. The van der Waals surface area contributed by atoms with Crippen LogP contribution in [0.5, 0.6) is 0 Å². The van der Waals surface area contributed by atoms with E-state index in [0.717, 1.165) is 39.0 Å². The normalized spacial score (nSPS) is 12.9. The van der Waals surface area contributed by atoms with E-state index in [1.807, 2.05) is 48.5 Å². The number of rotatable bonds is 15. The van der Waals surface area contributed by atoms with Crippen LogP contribution < -0.4 is 0 Å². The van der Waals surface area contributed by atoms with Gasteiger partial charge in [0.2, 0.25) is 0 Å². The van der Waals surface area contributed by atoms with Crippen LogP contribution >= 0.6 is 0 Å². The molecule has 0 aromatic heterocycles. The lowest BCUT2D eigenvalue weighted by Gasteiger charge is -2.27. The maximum Gasteiger partial charge on any atom is 0.0796 e. The van der Waals surface area contributed by atoms with Gasteiger partial charge >= 0.3 is 0 Å². The smallest absolute Gasteiger partial charge is 0.0796 e. The molecule has 2 aromatic rings. The maximum atomic E-state index is 10.1. The quantitative estimate of drug-likeness (QED) is 0.418. The largest absolute Gasteiger partial charge is 0.391 e. The Bertz CT molecular complexity index is 761. The Kier molecular flexibility index (Phi) is 12.1. The van der Waals surface area contributed by atoms with E-state index in [4.69, 9.17) is 10.5 Å². The number of unbranched alkanes of at least 4 members (excludes halogenated alkanes) is 1. The molecule has 0 saturated carbocycles. The van der Waals surface area contributed by atoms with Gasteiger partial charge in [0.05, 0.1) is 37.2 Å². The average Bonchev–Trinajstić information content (AvgIpc) is 2.78. The van der Waals surface area contributed by atoms with Crippen molar-refractivity contribution in [1.82, 2.24) is 9.80 Å². The van der Waals surface area contributed by atoms with Crippen LogP contribution in [0.25, 0.3) is 0 Å². The zero-order valence-electron chi connectivity index (χ0n) is 18.7. The van der Waals surface area contributed by atoms with Crippen molar-refractivity contribution in [2.24, 2.45) is 0 Å². The fraction of sp³-hybridized carbons (Fsp3) is 0.462. The monoisotopic (exact) mass is 434 g/mol. The first-order valence-electron chi connectivity index (χ1n) is 11.2.